The lowest BCUT2D eigenvalue weighted by Gasteiger charge is -2.11. The molecule has 1 aromatic heterocycles. The molecule has 0 fully saturated rings. The Morgan fingerprint density at radius 3 is 2.70 bits per heavy atom. The van der Waals surface area contributed by atoms with Crippen molar-refractivity contribution < 1.29 is 14.6 Å². The van der Waals surface area contributed by atoms with Gasteiger partial charge in [0.1, 0.15) is 11.3 Å². The summed E-state index contributed by atoms with van der Waals surface area (Å²) in [7, 11) is 1.53. The molecule has 0 atom stereocenters. The molecule has 120 valence electrons. The zero-order chi connectivity index (χ0) is 17.0. The molecule has 2 rings (SSSR count). The van der Waals surface area contributed by atoms with E-state index >= 15 is 0 Å². The Labute approximate surface area is 135 Å². The van der Waals surface area contributed by atoms with Gasteiger partial charge in [0.15, 0.2) is 4.77 Å². The van der Waals surface area contributed by atoms with Gasteiger partial charge in [-0.25, -0.2) is 10.2 Å². The fraction of sp³-hybridized carbons (Fsp3) is 0.0769. The van der Waals surface area contributed by atoms with E-state index in [4.69, 9.17) is 22.7 Å². The van der Waals surface area contributed by atoms with E-state index in [2.05, 4.69) is 10.1 Å². The molecule has 9 nitrogen and oxygen atoms in total. The second kappa shape index (κ2) is 6.75. The summed E-state index contributed by atoms with van der Waals surface area (Å²) in [6.07, 6.45) is 0.966. The molecular formula is C13H13N5O4S. The van der Waals surface area contributed by atoms with Gasteiger partial charge < -0.3 is 15.6 Å². The molecule has 1 aromatic carbocycles. The number of methoxy groups -OCH3 is 1. The number of urea groups is 1. The highest BCUT2D eigenvalue weighted by Crippen LogP contribution is 2.20. The van der Waals surface area contributed by atoms with Gasteiger partial charge in [-0.3, -0.25) is 14.3 Å². The number of carbonyl (C=O) groups excluding carboxylic acids is 1. The van der Waals surface area contributed by atoms with Crippen LogP contribution in [0.1, 0.15) is 5.56 Å². The highest BCUT2D eigenvalue weighted by molar-refractivity contribution is 7.71. The molecule has 0 bridgehead atoms. The van der Waals surface area contributed by atoms with Crippen molar-refractivity contribution in [2.75, 3.05) is 7.11 Å². The highest BCUT2D eigenvalue weighted by Gasteiger charge is 2.12. The highest BCUT2D eigenvalue weighted by atomic mass is 32.1. The number of hydrazone groups is 1. The van der Waals surface area contributed by atoms with Crippen LogP contribution in [0.4, 0.5) is 4.79 Å². The van der Waals surface area contributed by atoms with E-state index in [1.807, 2.05) is 5.43 Å². The summed E-state index contributed by atoms with van der Waals surface area (Å²) in [5, 5.41) is 13.8. The molecule has 0 saturated heterocycles. The quantitative estimate of drug-likeness (QED) is 0.369. The van der Waals surface area contributed by atoms with Crippen LogP contribution in [0.2, 0.25) is 0 Å². The van der Waals surface area contributed by atoms with Crippen LogP contribution >= 0.6 is 12.2 Å². The summed E-state index contributed by atoms with van der Waals surface area (Å²) in [4.78, 5) is 24.9. The van der Waals surface area contributed by atoms with E-state index in [0.717, 1.165) is 6.21 Å². The van der Waals surface area contributed by atoms with Crippen LogP contribution in [-0.4, -0.2) is 34.0 Å². The van der Waals surface area contributed by atoms with Gasteiger partial charge >= 0.3 is 6.03 Å². The number of primary amides is 1. The SMILES string of the molecule is COc1ccc(-n2c(O)c(/C=N/NC(N)=O)c(=O)[nH]c2=S)cc1. The van der Waals surface area contributed by atoms with Crippen molar-refractivity contribution in [2.24, 2.45) is 10.8 Å². The van der Waals surface area contributed by atoms with Crippen LogP contribution < -0.4 is 21.5 Å². The Hall–Kier alpha value is -3.14. The Morgan fingerprint density at radius 1 is 1.48 bits per heavy atom. The summed E-state index contributed by atoms with van der Waals surface area (Å²) in [5.41, 5.74) is 6.44. The standard InChI is InChI=1S/C13H13N5O4S/c1-22-8-4-2-7(3-5-8)18-11(20)9(6-15-17-12(14)21)10(19)16-13(18)23/h2-6,20H,1H3,(H3,14,17,21)(H,16,19,23)/b15-6+. The predicted octanol–water partition coefficient (Wildman–Crippen LogP) is 0.611. The number of carbonyl (C=O) groups is 1. The minimum Gasteiger partial charge on any atom is -0.497 e. The molecule has 0 aliphatic heterocycles. The van der Waals surface area contributed by atoms with Gasteiger partial charge in [-0.15, -0.1) is 0 Å². The van der Waals surface area contributed by atoms with Gasteiger partial charge in [-0.1, -0.05) is 0 Å². The van der Waals surface area contributed by atoms with Gasteiger partial charge in [0.05, 0.1) is 19.0 Å². The molecule has 2 amide bonds. The van der Waals surface area contributed by atoms with Crippen molar-refractivity contribution in [1.29, 1.82) is 0 Å². The van der Waals surface area contributed by atoms with E-state index in [0.29, 0.717) is 11.4 Å². The van der Waals surface area contributed by atoms with Crippen LogP contribution in [-0.2, 0) is 0 Å². The number of hydrogen-bond acceptors (Lipinski definition) is 6. The van der Waals surface area contributed by atoms with Crippen molar-refractivity contribution >= 4 is 24.5 Å². The first-order valence-corrected chi connectivity index (χ1v) is 6.66. The molecule has 0 spiro atoms. The summed E-state index contributed by atoms with van der Waals surface area (Å²) < 4.78 is 6.29. The van der Waals surface area contributed by atoms with Gasteiger partial charge in [0.2, 0.25) is 5.88 Å². The summed E-state index contributed by atoms with van der Waals surface area (Å²) in [6, 6.07) is 5.73. The Bertz CT molecular complexity index is 869. The number of amides is 2. The fourth-order valence-electron chi connectivity index (χ4n) is 1.79. The van der Waals surface area contributed by atoms with Crippen LogP contribution in [0.3, 0.4) is 0 Å². The van der Waals surface area contributed by atoms with Gasteiger partial charge in [0.25, 0.3) is 5.56 Å². The second-order valence-electron chi connectivity index (χ2n) is 4.26. The molecule has 0 aliphatic carbocycles. The molecule has 0 saturated carbocycles. The van der Waals surface area contributed by atoms with Crippen molar-refractivity contribution in [3.8, 4) is 17.3 Å². The number of H-pyrrole nitrogens is 1. The third-order valence-corrected chi connectivity index (χ3v) is 3.10. The monoisotopic (exact) mass is 335 g/mol. The normalized spacial score (nSPS) is 10.7. The number of aromatic hydroxyl groups is 1. The molecule has 2 aromatic rings. The molecule has 23 heavy (non-hydrogen) atoms. The van der Waals surface area contributed by atoms with Crippen molar-refractivity contribution in [1.82, 2.24) is 15.0 Å². The van der Waals surface area contributed by atoms with Gasteiger partial charge in [0, 0.05) is 0 Å². The number of aromatic amines is 1. The van der Waals surface area contributed by atoms with Gasteiger partial charge in [-0.05, 0) is 36.5 Å². The minimum absolute atomic E-state index is 0.00215. The maximum absolute atomic E-state index is 11.9. The van der Waals surface area contributed by atoms with Crippen molar-refractivity contribution in [3.63, 3.8) is 0 Å². The number of aromatic nitrogens is 2. The van der Waals surface area contributed by atoms with Crippen LogP contribution in [0.25, 0.3) is 5.69 Å². The number of nitrogens with one attached hydrogen (secondary N) is 2. The number of benzene rings is 1. The Balaban J connectivity index is 2.55. The van der Waals surface area contributed by atoms with Gasteiger partial charge in [-0.2, -0.15) is 5.10 Å². The number of ether oxygens (including phenoxy) is 1. The topological polar surface area (TPSA) is 135 Å². The zero-order valence-electron chi connectivity index (χ0n) is 11.9. The Morgan fingerprint density at radius 2 is 2.13 bits per heavy atom. The smallest absolute Gasteiger partial charge is 0.332 e. The number of hydrogen-bond donors (Lipinski definition) is 4. The van der Waals surface area contributed by atoms with E-state index < -0.39 is 17.5 Å². The minimum atomic E-state index is -0.903. The largest absolute Gasteiger partial charge is 0.497 e. The van der Waals surface area contributed by atoms with Crippen molar-refractivity contribution in [3.05, 3.63) is 45.0 Å². The van der Waals surface area contributed by atoms with Crippen LogP contribution in [0.5, 0.6) is 11.6 Å². The van der Waals surface area contributed by atoms with E-state index in [-0.39, 0.29) is 10.3 Å². The maximum Gasteiger partial charge on any atom is 0.332 e. The Kier molecular flexibility index (Phi) is 4.76. The van der Waals surface area contributed by atoms with E-state index in [1.165, 1.54) is 11.7 Å². The molecule has 0 radical (unpaired) electrons. The van der Waals surface area contributed by atoms with E-state index in [1.54, 1.807) is 24.3 Å². The van der Waals surface area contributed by atoms with E-state index in [9.17, 15) is 14.7 Å². The van der Waals surface area contributed by atoms with Crippen LogP contribution in [0, 0.1) is 4.77 Å². The van der Waals surface area contributed by atoms with Crippen LogP contribution in [0.15, 0.2) is 34.2 Å². The predicted molar refractivity (Wildman–Crippen MR) is 85.8 cm³/mol. The zero-order valence-corrected chi connectivity index (χ0v) is 12.8. The second-order valence-corrected chi connectivity index (χ2v) is 4.65. The fourth-order valence-corrected chi connectivity index (χ4v) is 2.07. The summed E-state index contributed by atoms with van der Waals surface area (Å²) >= 11 is 5.07. The summed E-state index contributed by atoms with van der Waals surface area (Å²) in [5.74, 6) is 0.190. The first-order chi connectivity index (χ1) is 10.9. The average Bonchev–Trinajstić information content (AvgIpc) is 2.50. The maximum atomic E-state index is 11.9. The molecule has 10 heteroatoms. The third kappa shape index (κ3) is 3.55. The number of nitrogens with zero attached hydrogens (tertiary/aromatic N) is 2. The first kappa shape index (κ1) is 16.2. The molecule has 0 unspecified atom stereocenters. The molecule has 5 N–H and O–H groups in total. The molecule has 1 heterocycles. The lowest BCUT2D eigenvalue weighted by molar-refractivity contribution is 0.249. The lowest BCUT2D eigenvalue weighted by Crippen LogP contribution is -2.25. The molecular weight excluding hydrogens is 322 g/mol. The lowest BCUT2D eigenvalue weighted by atomic mass is 10.2. The third-order valence-electron chi connectivity index (χ3n) is 2.82. The first-order valence-electron chi connectivity index (χ1n) is 6.25. The summed E-state index contributed by atoms with van der Waals surface area (Å²) in [6.45, 7) is 0. The number of rotatable bonds is 4. The number of nitrogens with two attached hydrogens (primary N) is 1. The van der Waals surface area contributed by atoms with Crippen molar-refractivity contribution in [2.45, 2.75) is 0 Å². The average molecular weight is 335 g/mol. The molecule has 0 aliphatic rings.